The van der Waals surface area contributed by atoms with Crippen LogP contribution in [0.1, 0.15) is 31.5 Å². The molecule has 1 amide bonds. The number of methoxy groups -OCH3 is 1. The molecule has 2 aromatic rings. The highest BCUT2D eigenvalue weighted by molar-refractivity contribution is 5.75. The SMILES string of the molecule is CCn1c(C2CCN(C(=O)Cn3ncnn3)CC2)nn(CCOC)c1=O. The molecule has 0 aliphatic carbocycles. The fourth-order valence-electron chi connectivity index (χ4n) is 3.25. The van der Waals surface area contributed by atoms with E-state index in [9.17, 15) is 9.59 Å². The van der Waals surface area contributed by atoms with Crippen LogP contribution < -0.4 is 5.69 Å². The van der Waals surface area contributed by atoms with Gasteiger partial charge in [-0.05, 0) is 25.0 Å². The minimum atomic E-state index is -0.102. The van der Waals surface area contributed by atoms with E-state index in [2.05, 4.69) is 20.5 Å². The van der Waals surface area contributed by atoms with Crippen LogP contribution in [0.4, 0.5) is 0 Å². The monoisotopic (exact) mass is 364 g/mol. The van der Waals surface area contributed by atoms with Crippen LogP contribution in [0.3, 0.4) is 0 Å². The summed E-state index contributed by atoms with van der Waals surface area (Å²) in [6.45, 7) is 4.76. The largest absolute Gasteiger partial charge is 0.383 e. The van der Waals surface area contributed by atoms with Gasteiger partial charge in [0.1, 0.15) is 12.4 Å². The molecule has 142 valence electrons. The highest BCUT2D eigenvalue weighted by Crippen LogP contribution is 2.26. The average molecular weight is 364 g/mol. The van der Waals surface area contributed by atoms with Crippen molar-refractivity contribution in [1.29, 1.82) is 0 Å². The minimum absolute atomic E-state index is 0.0278. The Morgan fingerprint density at radius 2 is 2.12 bits per heavy atom. The molecule has 0 unspecified atom stereocenters. The van der Waals surface area contributed by atoms with E-state index in [4.69, 9.17) is 4.74 Å². The van der Waals surface area contributed by atoms with Gasteiger partial charge in [-0.1, -0.05) is 0 Å². The van der Waals surface area contributed by atoms with Crippen LogP contribution >= 0.6 is 0 Å². The molecule has 0 atom stereocenters. The third-order valence-corrected chi connectivity index (χ3v) is 4.66. The maximum atomic E-state index is 12.4. The van der Waals surface area contributed by atoms with Gasteiger partial charge in [-0.25, -0.2) is 9.48 Å². The van der Waals surface area contributed by atoms with E-state index >= 15 is 0 Å². The zero-order chi connectivity index (χ0) is 18.5. The van der Waals surface area contributed by atoms with Gasteiger partial charge in [-0.15, -0.1) is 10.2 Å². The molecule has 3 heterocycles. The van der Waals surface area contributed by atoms with Crippen LogP contribution in [0, 0.1) is 0 Å². The Balaban J connectivity index is 1.64. The predicted octanol–water partition coefficient (Wildman–Crippen LogP) is -0.896. The van der Waals surface area contributed by atoms with E-state index in [-0.39, 0.29) is 24.1 Å². The van der Waals surface area contributed by atoms with Gasteiger partial charge in [0.15, 0.2) is 6.33 Å². The van der Waals surface area contributed by atoms with Gasteiger partial charge in [0.05, 0.1) is 13.2 Å². The molecule has 3 rings (SSSR count). The van der Waals surface area contributed by atoms with Crippen LogP contribution in [0.15, 0.2) is 11.1 Å². The Hall–Kier alpha value is -2.56. The third kappa shape index (κ3) is 3.82. The number of carbonyl (C=O) groups is 1. The topological polar surface area (TPSA) is 113 Å². The number of amides is 1. The lowest BCUT2D eigenvalue weighted by Crippen LogP contribution is -2.40. The summed E-state index contributed by atoms with van der Waals surface area (Å²) in [5.41, 5.74) is -0.102. The first-order valence-electron chi connectivity index (χ1n) is 8.79. The van der Waals surface area contributed by atoms with Gasteiger partial charge in [0, 0.05) is 32.7 Å². The third-order valence-electron chi connectivity index (χ3n) is 4.66. The summed E-state index contributed by atoms with van der Waals surface area (Å²) in [7, 11) is 1.60. The second-order valence-corrected chi connectivity index (χ2v) is 6.22. The molecule has 0 spiro atoms. The maximum absolute atomic E-state index is 12.4. The molecule has 2 aromatic heterocycles. The number of hydrogen-bond donors (Lipinski definition) is 0. The molecule has 1 aliphatic heterocycles. The number of hydrogen-bond acceptors (Lipinski definition) is 7. The minimum Gasteiger partial charge on any atom is -0.383 e. The zero-order valence-electron chi connectivity index (χ0n) is 15.1. The van der Waals surface area contributed by atoms with Crippen molar-refractivity contribution in [3.05, 3.63) is 22.6 Å². The number of ether oxygens (including phenoxy) is 1. The fourth-order valence-corrected chi connectivity index (χ4v) is 3.25. The summed E-state index contributed by atoms with van der Waals surface area (Å²) in [5.74, 6) is 0.943. The Bertz CT molecular complexity index is 773. The van der Waals surface area contributed by atoms with Gasteiger partial charge in [0.25, 0.3) is 0 Å². The summed E-state index contributed by atoms with van der Waals surface area (Å²) in [6, 6.07) is 0. The quantitative estimate of drug-likeness (QED) is 0.626. The molecule has 0 N–H and O–H groups in total. The lowest BCUT2D eigenvalue weighted by molar-refractivity contribution is -0.133. The van der Waals surface area contributed by atoms with Gasteiger partial charge >= 0.3 is 5.69 Å². The zero-order valence-corrected chi connectivity index (χ0v) is 15.1. The first kappa shape index (κ1) is 18.2. The molecule has 1 saturated heterocycles. The lowest BCUT2D eigenvalue weighted by Gasteiger charge is -2.31. The molecule has 0 aromatic carbocycles. The molecule has 26 heavy (non-hydrogen) atoms. The molecule has 0 radical (unpaired) electrons. The van der Waals surface area contributed by atoms with E-state index in [0.717, 1.165) is 18.7 Å². The number of nitrogens with zero attached hydrogens (tertiary/aromatic N) is 8. The van der Waals surface area contributed by atoms with E-state index < -0.39 is 0 Å². The molecule has 1 fully saturated rings. The highest BCUT2D eigenvalue weighted by atomic mass is 16.5. The van der Waals surface area contributed by atoms with Gasteiger partial charge in [-0.3, -0.25) is 9.36 Å². The molecule has 11 nitrogen and oxygen atoms in total. The molecule has 1 aliphatic rings. The summed E-state index contributed by atoms with van der Waals surface area (Å²) < 4.78 is 8.23. The maximum Gasteiger partial charge on any atom is 0.345 e. The summed E-state index contributed by atoms with van der Waals surface area (Å²) in [4.78, 5) is 27.8. The van der Waals surface area contributed by atoms with Crippen molar-refractivity contribution in [1.82, 2.24) is 39.5 Å². The van der Waals surface area contributed by atoms with E-state index in [1.165, 1.54) is 15.8 Å². The van der Waals surface area contributed by atoms with Crippen molar-refractivity contribution in [3.8, 4) is 0 Å². The first-order valence-corrected chi connectivity index (χ1v) is 8.79. The second-order valence-electron chi connectivity index (χ2n) is 6.22. The average Bonchev–Trinajstić information content (AvgIpc) is 3.27. The fraction of sp³-hybridized carbons (Fsp3) is 0.733. The molecule has 0 saturated carbocycles. The summed E-state index contributed by atoms with van der Waals surface area (Å²) in [6.07, 6.45) is 2.86. The number of piperidine rings is 1. The van der Waals surface area contributed by atoms with E-state index in [1.807, 2.05) is 6.92 Å². The Morgan fingerprint density at radius 1 is 1.35 bits per heavy atom. The van der Waals surface area contributed by atoms with Gasteiger partial charge < -0.3 is 9.64 Å². The van der Waals surface area contributed by atoms with Crippen LogP contribution in [-0.4, -0.2) is 72.2 Å². The Morgan fingerprint density at radius 3 is 2.73 bits per heavy atom. The molecular weight excluding hydrogens is 340 g/mol. The van der Waals surface area contributed by atoms with Crippen LogP contribution in [0.2, 0.25) is 0 Å². The van der Waals surface area contributed by atoms with Crippen molar-refractivity contribution < 1.29 is 9.53 Å². The number of tetrazole rings is 1. The number of carbonyl (C=O) groups excluding carboxylic acids is 1. The van der Waals surface area contributed by atoms with E-state index in [0.29, 0.717) is 32.8 Å². The van der Waals surface area contributed by atoms with Gasteiger partial charge in [0.2, 0.25) is 5.91 Å². The normalized spacial score (nSPS) is 15.5. The number of likely N-dealkylation sites (tertiary alicyclic amines) is 1. The van der Waals surface area contributed by atoms with Crippen molar-refractivity contribution >= 4 is 5.91 Å². The standard InChI is InChI=1S/C15H24N8O3/c1-3-21-14(18-22(15(21)25)8-9-26-2)12-4-6-20(7-5-12)13(24)10-23-17-11-16-19-23/h11-12H,3-10H2,1-2H3. The highest BCUT2D eigenvalue weighted by Gasteiger charge is 2.28. The van der Waals surface area contributed by atoms with Crippen molar-refractivity contribution in [2.45, 2.75) is 45.3 Å². The Labute approximate surface area is 150 Å². The smallest absolute Gasteiger partial charge is 0.345 e. The van der Waals surface area contributed by atoms with Gasteiger partial charge in [-0.2, -0.15) is 9.90 Å². The summed E-state index contributed by atoms with van der Waals surface area (Å²) >= 11 is 0. The lowest BCUT2D eigenvalue weighted by atomic mass is 9.96. The Kier molecular flexibility index (Phi) is 5.76. The summed E-state index contributed by atoms with van der Waals surface area (Å²) in [5, 5.41) is 15.7. The van der Waals surface area contributed by atoms with Crippen molar-refractivity contribution in [2.75, 3.05) is 26.8 Å². The van der Waals surface area contributed by atoms with Crippen LogP contribution in [0.25, 0.3) is 0 Å². The molecule has 11 heteroatoms. The van der Waals surface area contributed by atoms with E-state index in [1.54, 1.807) is 16.6 Å². The van der Waals surface area contributed by atoms with Crippen LogP contribution in [-0.2, 0) is 29.2 Å². The molecular formula is C15H24N8O3. The molecule has 0 bridgehead atoms. The number of rotatable bonds is 7. The number of aromatic nitrogens is 7. The van der Waals surface area contributed by atoms with Crippen molar-refractivity contribution in [3.63, 3.8) is 0 Å². The van der Waals surface area contributed by atoms with Crippen molar-refractivity contribution in [2.24, 2.45) is 0 Å². The second kappa shape index (κ2) is 8.21. The van der Waals surface area contributed by atoms with Crippen LogP contribution in [0.5, 0.6) is 0 Å². The predicted molar refractivity (Wildman–Crippen MR) is 90.4 cm³/mol. The first-order chi connectivity index (χ1) is 12.6.